The van der Waals surface area contributed by atoms with Gasteiger partial charge in [-0.2, -0.15) is 0 Å². The summed E-state index contributed by atoms with van der Waals surface area (Å²) in [6.45, 7) is 8.11. The SMILES string of the molecule is C=C1OC(C)CC1CC. The second-order valence-electron chi connectivity index (χ2n) is 2.74. The number of allylic oxidation sites excluding steroid dienone is 1. The highest BCUT2D eigenvalue weighted by Crippen LogP contribution is 2.30. The highest BCUT2D eigenvalue weighted by Gasteiger charge is 2.24. The maximum atomic E-state index is 5.37. The van der Waals surface area contributed by atoms with E-state index in [0.717, 1.165) is 12.2 Å². The molecule has 1 heteroatoms. The molecule has 52 valence electrons. The summed E-state index contributed by atoms with van der Waals surface area (Å²) in [6, 6.07) is 0. The molecule has 0 aromatic carbocycles. The first-order chi connectivity index (χ1) is 4.24. The summed E-state index contributed by atoms with van der Waals surface area (Å²) in [4.78, 5) is 0. The topological polar surface area (TPSA) is 9.23 Å². The molecule has 0 radical (unpaired) electrons. The zero-order chi connectivity index (χ0) is 6.85. The average Bonchev–Trinajstić information content (AvgIpc) is 2.10. The van der Waals surface area contributed by atoms with Gasteiger partial charge in [0.1, 0.15) is 0 Å². The fourth-order valence-corrected chi connectivity index (χ4v) is 1.33. The van der Waals surface area contributed by atoms with Crippen LogP contribution in [0.1, 0.15) is 26.7 Å². The smallest absolute Gasteiger partial charge is 0.0961 e. The fourth-order valence-electron chi connectivity index (χ4n) is 1.33. The van der Waals surface area contributed by atoms with E-state index in [0.29, 0.717) is 12.0 Å². The lowest BCUT2D eigenvalue weighted by Gasteiger charge is -2.02. The van der Waals surface area contributed by atoms with E-state index in [9.17, 15) is 0 Å². The van der Waals surface area contributed by atoms with Crippen LogP contribution in [0.3, 0.4) is 0 Å². The van der Waals surface area contributed by atoms with Gasteiger partial charge in [-0.25, -0.2) is 0 Å². The van der Waals surface area contributed by atoms with E-state index in [1.807, 2.05) is 0 Å². The molecule has 1 nitrogen and oxygen atoms in total. The van der Waals surface area contributed by atoms with Gasteiger partial charge in [0.25, 0.3) is 0 Å². The van der Waals surface area contributed by atoms with Gasteiger partial charge in [0.2, 0.25) is 0 Å². The van der Waals surface area contributed by atoms with E-state index in [1.165, 1.54) is 6.42 Å². The molecule has 0 spiro atoms. The molecule has 0 aromatic heterocycles. The Morgan fingerprint density at radius 3 is 2.67 bits per heavy atom. The van der Waals surface area contributed by atoms with Gasteiger partial charge in [-0.05, 0) is 19.8 Å². The number of rotatable bonds is 1. The summed E-state index contributed by atoms with van der Waals surface area (Å²) >= 11 is 0. The van der Waals surface area contributed by atoms with E-state index in [4.69, 9.17) is 4.74 Å². The van der Waals surface area contributed by atoms with Gasteiger partial charge in [-0.3, -0.25) is 0 Å². The first-order valence-electron chi connectivity index (χ1n) is 3.59. The molecule has 1 fully saturated rings. The minimum Gasteiger partial charge on any atom is -0.495 e. The Morgan fingerprint density at radius 1 is 1.78 bits per heavy atom. The predicted octanol–water partition coefficient (Wildman–Crippen LogP) is 2.34. The first kappa shape index (κ1) is 6.66. The van der Waals surface area contributed by atoms with Crippen molar-refractivity contribution in [2.75, 3.05) is 0 Å². The third-order valence-electron chi connectivity index (χ3n) is 1.92. The zero-order valence-electron chi connectivity index (χ0n) is 6.18. The van der Waals surface area contributed by atoms with Crippen LogP contribution in [0.4, 0.5) is 0 Å². The van der Waals surface area contributed by atoms with Crippen LogP contribution in [0.25, 0.3) is 0 Å². The molecular formula is C8H14O. The Kier molecular flexibility index (Phi) is 1.79. The predicted molar refractivity (Wildman–Crippen MR) is 38.1 cm³/mol. The Labute approximate surface area is 56.7 Å². The molecule has 0 N–H and O–H groups in total. The lowest BCUT2D eigenvalue weighted by atomic mass is 10.0. The lowest BCUT2D eigenvalue weighted by Crippen LogP contribution is -1.95. The molecule has 0 aromatic rings. The maximum Gasteiger partial charge on any atom is 0.0961 e. The highest BCUT2D eigenvalue weighted by atomic mass is 16.5. The van der Waals surface area contributed by atoms with E-state index >= 15 is 0 Å². The molecule has 1 heterocycles. The van der Waals surface area contributed by atoms with Crippen molar-refractivity contribution in [3.63, 3.8) is 0 Å². The standard InChI is InChI=1S/C8H14O/c1-4-8-5-6(2)9-7(8)3/h6,8H,3-5H2,1-2H3. The van der Waals surface area contributed by atoms with E-state index in [1.54, 1.807) is 0 Å². The Hall–Kier alpha value is -0.460. The van der Waals surface area contributed by atoms with Crippen molar-refractivity contribution in [1.82, 2.24) is 0 Å². The molecule has 0 amide bonds. The average molecular weight is 126 g/mol. The Morgan fingerprint density at radius 2 is 2.44 bits per heavy atom. The van der Waals surface area contributed by atoms with Gasteiger partial charge in [-0.15, -0.1) is 0 Å². The molecule has 1 aliphatic rings. The van der Waals surface area contributed by atoms with Crippen LogP contribution in [0.5, 0.6) is 0 Å². The van der Waals surface area contributed by atoms with Crippen LogP contribution < -0.4 is 0 Å². The van der Waals surface area contributed by atoms with Gasteiger partial charge >= 0.3 is 0 Å². The molecule has 1 saturated heterocycles. The first-order valence-corrected chi connectivity index (χ1v) is 3.59. The van der Waals surface area contributed by atoms with E-state index < -0.39 is 0 Å². The van der Waals surface area contributed by atoms with Crippen LogP contribution in [0, 0.1) is 5.92 Å². The van der Waals surface area contributed by atoms with Crippen molar-refractivity contribution < 1.29 is 4.74 Å². The normalized spacial score (nSPS) is 34.7. The van der Waals surface area contributed by atoms with E-state index in [-0.39, 0.29) is 0 Å². The molecule has 2 atom stereocenters. The third kappa shape index (κ3) is 1.26. The van der Waals surface area contributed by atoms with Crippen molar-refractivity contribution in [2.45, 2.75) is 32.8 Å². The van der Waals surface area contributed by atoms with Crippen molar-refractivity contribution in [3.05, 3.63) is 12.3 Å². The summed E-state index contributed by atoms with van der Waals surface area (Å²) in [5.74, 6) is 1.62. The largest absolute Gasteiger partial charge is 0.495 e. The van der Waals surface area contributed by atoms with Crippen LogP contribution in [0.2, 0.25) is 0 Å². The molecule has 2 unspecified atom stereocenters. The van der Waals surface area contributed by atoms with Crippen LogP contribution in [-0.2, 0) is 4.74 Å². The molecule has 1 aliphatic heterocycles. The molecule has 0 aliphatic carbocycles. The van der Waals surface area contributed by atoms with Crippen molar-refractivity contribution in [3.8, 4) is 0 Å². The second-order valence-corrected chi connectivity index (χ2v) is 2.74. The number of hydrogen-bond acceptors (Lipinski definition) is 1. The summed E-state index contributed by atoms with van der Waals surface area (Å²) in [5, 5.41) is 0. The van der Waals surface area contributed by atoms with Gasteiger partial charge in [0, 0.05) is 5.92 Å². The van der Waals surface area contributed by atoms with Crippen LogP contribution in [0.15, 0.2) is 12.3 Å². The van der Waals surface area contributed by atoms with Gasteiger partial charge < -0.3 is 4.74 Å². The summed E-state index contributed by atoms with van der Waals surface area (Å²) in [6.07, 6.45) is 2.74. The number of hydrogen-bond donors (Lipinski definition) is 0. The van der Waals surface area contributed by atoms with Crippen molar-refractivity contribution in [2.24, 2.45) is 5.92 Å². The quantitative estimate of drug-likeness (QED) is 0.524. The minimum absolute atomic E-state index is 0.405. The molecule has 0 saturated carbocycles. The van der Waals surface area contributed by atoms with Crippen LogP contribution >= 0.6 is 0 Å². The van der Waals surface area contributed by atoms with Crippen LogP contribution in [-0.4, -0.2) is 6.10 Å². The van der Waals surface area contributed by atoms with E-state index in [2.05, 4.69) is 20.4 Å². The van der Waals surface area contributed by atoms with Gasteiger partial charge in [0.05, 0.1) is 11.9 Å². The third-order valence-corrected chi connectivity index (χ3v) is 1.92. The maximum absolute atomic E-state index is 5.37. The molecule has 9 heavy (non-hydrogen) atoms. The highest BCUT2D eigenvalue weighted by molar-refractivity contribution is 4.97. The monoisotopic (exact) mass is 126 g/mol. The zero-order valence-corrected chi connectivity index (χ0v) is 6.18. The molecular weight excluding hydrogens is 112 g/mol. The summed E-state index contributed by atoms with van der Waals surface area (Å²) in [7, 11) is 0. The Bertz CT molecular complexity index is 118. The second kappa shape index (κ2) is 2.42. The lowest BCUT2D eigenvalue weighted by molar-refractivity contribution is 0.178. The minimum atomic E-state index is 0.405. The van der Waals surface area contributed by atoms with Crippen molar-refractivity contribution in [1.29, 1.82) is 0 Å². The number of ether oxygens (including phenoxy) is 1. The fraction of sp³-hybridized carbons (Fsp3) is 0.750. The molecule has 0 bridgehead atoms. The molecule has 1 rings (SSSR count). The Balaban J connectivity index is 2.48. The van der Waals surface area contributed by atoms with Gasteiger partial charge in [-0.1, -0.05) is 13.5 Å². The van der Waals surface area contributed by atoms with Gasteiger partial charge in [0.15, 0.2) is 0 Å². The van der Waals surface area contributed by atoms with Crippen molar-refractivity contribution >= 4 is 0 Å². The summed E-state index contributed by atoms with van der Waals surface area (Å²) in [5.41, 5.74) is 0. The summed E-state index contributed by atoms with van der Waals surface area (Å²) < 4.78 is 5.37.